The van der Waals surface area contributed by atoms with E-state index in [9.17, 15) is 4.79 Å². The second-order valence-electron chi connectivity index (χ2n) is 4.14. The Hall–Kier alpha value is -2.37. The summed E-state index contributed by atoms with van der Waals surface area (Å²) < 4.78 is 4.86. The van der Waals surface area contributed by atoms with Crippen molar-refractivity contribution in [3.63, 3.8) is 0 Å². The first-order valence-electron chi connectivity index (χ1n) is 6.03. The highest BCUT2D eigenvalue weighted by Gasteiger charge is 2.10. The van der Waals surface area contributed by atoms with Crippen molar-refractivity contribution in [2.75, 3.05) is 18.9 Å². The third-order valence-corrected chi connectivity index (χ3v) is 2.72. The summed E-state index contributed by atoms with van der Waals surface area (Å²) in [5, 5.41) is 9.35. The standard InChI is InChI=1S/C13H16N4O2/c1-9-3-4-10(11(7-9)14-2)13(18)15-6-5-12-16-8-17-19-12/h3-4,7-8,14H,5-6H2,1-2H3,(H,15,18). The maximum atomic E-state index is 12.0. The summed E-state index contributed by atoms with van der Waals surface area (Å²) in [5.74, 6) is 0.391. The Kier molecular flexibility index (Phi) is 4.12. The monoisotopic (exact) mass is 260 g/mol. The van der Waals surface area contributed by atoms with Crippen LogP contribution in [0.25, 0.3) is 0 Å². The van der Waals surface area contributed by atoms with E-state index in [-0.39, 0.29) is 5.91 Å². The van der Waals surface area contributed by atoms with E-state index in [4.69, 9.17) is 4.52 Å². The summed E-state index contributed by atoms with van der Waals surface area (Å²) in [6, 6.07) is 5.66. The lowest BCUT2D eigenvalue weighted by atomic mass is 10.1. The average Bonchev–Trinajstić information content (AvgIpc) is 2.91. The molecule has 0 spiro atoms. The number of carbonyl (C=O) groups is 1. The third kappa shape index (κ3) is 3.31. The number of anilines is 1. The molecule has 0 unspecified atom stereocenters. The van der Waals surface area contributed by atoms with E-state index in [2.05, 4.69) is 20.8 Å². The van der Waals surface area contributed by atoms with Crippen LogP contribution in [0.1, 0.15) is 21.8 Å². The molecule has 0 radical (unpaired) electrons. The molecule has 0 bridgehead atoms. The zero-order valence-corrected chi connectivity index (χ0v) is 10.9. The molecule has 0 fully saturated rings. The van der Waals surface area contributed by atoms with Crippen molar-refractivity contribution in [1.82, 2.24) is 15.5 Å². The number of carbonyl (C=O) groups excluding carboxylic acids is 1. The Morgan fingerprint density at radius 1 is 1.42 bits per heavy atom. The van der Waals surface area contributed by atoms with Gasteiger partial charge in [0, 0.05) is 25.7 Å². The summed E-state index contributed by atoms with van der Waals surface area (Å²) in [7, 11) is 1.80. The minimum absolute atomic E-state index is 0.121. The van der Waals surface area contributed by atoms with Gasteiger partial charge in [-0.25, -0.2) is 0 Å². The van der Waals surface area contributed by atoms with E-state index in [1.54, 1.807) is 7.05 Å². The molecule has 1 aromatic heterocycles. The smallest absolute Gasteiger partial charge is 0.253 e. The number of rotatable bonds is 5. The largest absolute Gasteiger partial charge is 0.387 e. The molecule has 1 heterocycles. The molecule has 0 aliphatic rings. The number of nitrogens with zero attached hydrogens (tertiary/aromatic N) is 2. The van der Waals surface area contributed by atoms with E-state index >= 15 is 0 Å². The molecule has 100 valence electrons. The quantitative estimate of drug-likeness (QED) is 0.849. The lowest BCUT2D eigenvalue weighted by Gasteiger charge is -2.10. The molecule has 0 saturated heterocycles. The highest BCUT2D eigenvalue weighted by atomic mass is 16.5. The molecule has 19 heavy (non-hydrogen) atoms. The second kappa shape index (κ2) is 5.99. The number of benzene rings is 1. The number of nitrogens with one attached hydrogen (secondary N) is 2. The fourth-order valence-corrected chi connectivity index (χ4v) is 1.75. The SMILES string of the molecule is CNc1cc(C)ccc1C(=O)NCCc1ncno1. The van der Waals surface area contributed by atoms with Gasteiger partial charge in [-0.1, -0.05) is 11.2 Å². The molecule has 2 aromatic rings. The van der Waals surface area contributed by atoms with Gasteiger partial charge in [-0.15, -0.1) is 0 Å². The van der Waals surface area contributed by atoms with E-state index in [0.717, 1.165) is 11.3 Å². The molecule has 6 heteroatoms. The maximum Gasteiger partial charge on any atom is 0.253 e. The number of hydrogen-bond acceptors (Lipinski definition) is 5. The van der Waals surface area contributed by atoms with E-state index in [1.807, 2.05) is 25.1 Å². The third-order valence-electron chi connectivity index (χ3n) is 2.72. The van der Waals surface area contributed by atoms with Gasteiger partial charge in [0.15, 0.2) is 6.33 Å². The van der Waals surface area contributed by atoms with Crippen molar-refractivity contribution >= 4 is 11.6 Å². The number of amides is 1. The number of aryl methyl sites for hydroxylation is 1. The highest BCUT2D eigenvalue weighted by Crippen LogP contribution is 2.16. The molecular weight excluding hydrogens is 244 g/mol. The topological polar surface area (TPSA) is 80.0 Å². The van der Waals surface area contributed by atoms with Crippen LogP contribution in [0.3, 0.4) is 0 Å². The lowest BCUT2D eigenvalue weighted by Crippen LogP contribution is -2.26. The predicted molar refractivity (Wildman–Crippen MR) is 71.1 cm³/mol. The number of hydrogen-bond donors (Lipinski definition) is 2. The van der Waals surface area contributed by atoms with Crippen LogP contribution in [0.5, 0.6) is 0 Å². The van der Waals surface area contributed by atoms with Crippen molar-refractivity contribution in [3.8, 4) is 0 Å². The van der Waals surface area contributed by atoms with Gasteiger partial charge in [-0.2, -0.15) is 4.98 Å². The van der Waals surface area contributed by atoms with Crippen molar-refractivity contribution < 1.29 is 9.32 Å². The molecule has 0 aliphatic heterocycles. The van der Waals surface area contributed by atoms with E-state index in [0.29, 0.717) is 24.4 Å². The molecule has 0 saturated carbocycles. The van der Waals surface area contributed by atoms with Crippen LogP contribution in [0, 0.1) is 6.92 Å². The minimum atomic E-state index is -0.121. The first-order valence-corrected chi connectivity index (χ1v) is 6.03. The Balaban J connectivity index is 1.96. The molecule has 0 aliphatic carbocycles. The van der Waals surface area contributed by atoms with E-state index < -0.39 is 0 Å². The van der Waals surface area contributed by atoms with Crippen molar-refractivity contribution in [2.24, 2.45) is 0 Å². The molecule has 0 atom stereocenters. The Morgan fingerprint density at radius 3 is 2.95 bits per heavy atom. The maximum absolute atomic E-state index is 12.0. The molecule has 6 nitrogen and oxygen atoms in total. The summed E-state index contributed by atoms with van der Waals surface area (Å²) in [5.41, 5.74) is 2.54. The summed E-state index contributed by atoms with van der Waals surface area (Å²) in [6.07, 6.45) is 1.86. The fraction of sp³-hybridized carbons (Fsp3) is 0.308. The minimum Gasteiger partial charge on any atom is -0.387 e. The molecule has 1 aromatic carbocycles. The van der Waals surface area contributed by atoms with Gasteiger partial charge in [0.1, 0.15) is 0 Å². The first-order chi connectivity index (χ1) is 9.20. The van der Waals surface area contributed by atoms with Gasteiger partial charge in [0.25, 0.3) is 5.91 Å². The molecular formula is C13H16N4O2. The normalized spacial score (nSPS) is 10.2. The first kappa shape index (κ1) is 13.1. The predicted octanol–water partition coefficient (Wildman–Crippen LogP) is 1.39. The second-order valence-corrected chi connectivity index (χ2v) is 4.14. The van der Waals surface area contributed by atoms with Crippen LogP contribution >= 0.6 is 0 Å². The lowest BCUT2D eigenvalue weighted by molar-refractivity contribution is 0.0954. The van der Waals surface area contributed by atoms with Crippen molar-refractivity contribution in [2.45, 2.75) is 13.3 Å². The average molecular weight is 260 g/mol. The van der Waals surface area contributed by atoms with Gasteiger partial charge < -0.3 is 15.2 Å². The summed E-state index contributed by atoms with van der Waals surface area (Å²) >= 11 is 0. The summed E-state index contributed by atoms with van der Waals surface area (Å²) in [6.45, 7) is 2.44. The van der Waals surface area contributed by atoms with E-state index in [1.165, 1.54) is 6.33 Å². The fourth-order valence-electron chi connectivity index (χ4n) is 1.75. The zero-order valence-electron chi connectivity index (χ0n) is 10.9. The van der Waals surface area contributed by atoms with Gasteiger partial charge >= 0.3 is 0 Å². The van der Waals surface area contributed by atoms with Crippen LogP contribution in [0.4, 0.5) is 5.69 Å². The van der Waals surface area contributed by atoms with Crippen molar-refractivity contribution in [3.05, 3.63) is 41.5 Å². The van der Waals surface area contributed by atoms with Crippen molar-refractivity contribution in [1.29, 1.82) is 0 Å². The number of aromatic nitrogens is 2. The highest BCUT2D eigenvalue weighted by molar-refractivity contribution is 5.99. The van der Waals surface area contributed by atoms with Crippen LogP contribution in [-0.2, 0) is 6.42 Å². The Morgan fingerprint density at radius 2 is 2.26 bits per heavy atom. The van der Waals surface area contributed by atoms with Crippen LogP contribution < -0.4 is 10.6 Å². The molecule has 2 N–H and O–H groups in total. The Labute approximate surface area is 111 Å². The van der Waals surface area contributed by atoms with Crippen LogP contribution in [0.15, 0.2) is 29.0 Å². The Bertz CT molecular complexity index is 552. The molecule has 2 rings (SSSR count). The zero-order chi connectivity index (χ0) is 13.7. The summed E-state index contributed by atoms with van der Waals surface area (Å²) in [4.78, 5) is 15.9. The molecule has 1 amide bonds. The van der Waals surface area contributed by atoms with Crippen LogP contribution in [0.2, 0.25) is 0 Å². The van der Waals surface area contributed by atoms with Crippen LogP contribution in [-0.4, -0.2) is 29.6 Å². The van der Waals surface area contributed by atoms with Gasteiger partial charge in [-0.3, -0.25) is 4.79 Å². The van der Waals surface area contributed by atoms with Gasteiger partial charge in [-0.05, 0) is 24.6 Å². The van der Waals surface area contributed by atoms with Gasteiger partial charge in [0.05, 0.1) is 5.56 Å². The van der Waals surface area contributed by atoms with Gasteiger partial charge in [0.2, 0.25) is 5.89 Å².